The maximum absolute atomic E-state index is 14.6. The van der Waals surface area contributed by atoms with Gasteiger partial charge in [-0.3, -0.25) is 81.9 Å². The SMILES string of the molecule is C[C@@H](O)[C@H](NC(=O)[C@H](Cc1cnc[nH]1)NC(=O)[C@@H](N)CCCN=C(N)N)C(=O)N[C@@H](CCC(N)=O)C(=O)N[C@@H](CCC(N)=O)C(=O)N1CCC[C@H]1C(=O)N[C@@H](Cc1cnc[nH]1)C(=O)NCC(=O)N[C@@H](CO)C(=O)N[C@@H](CC(=O)O)C(=O)N[C@@H](CCCN=C(N)N)C(=O)N[C@@H](CCC(N)=O)C(=O)O. The molecule has 3 heterocycles. The lowest BCUT2D eigenvalue weighted by Gasteiger charge is -2.31. The number of carboxylic acid groups (broad SMARTS) is 2. The summed E-state index contributed by atoms with van der Waals surface area (Å²) in [6.07, 6.45) is -1.27. The average Bonchev–Trinajstić information content (AvgIpc) is 1.55. The highest BCUT2D eigenvalue weighted by Crippen LogP contribution is 2.21. The topological polar surface area (TPSA) is 768 Å². The minimum Gasteiger partial charge on any atom is -0.481 e. The normalized spacial score (nSPS) is 15.6. The second kappa shape index (κ2) is 43.0. The summed E-state index contributed by atoms with van der Waals surface area (Å²) in [5.74, 6) is -18.8. The minimum atomic E-state index is -2.04. The zero-order chi connectivity index (χ0) is 76.3. The third-order valence-corrected chi connectivity index (χ3v) is 15.2. The van der Waals surface area contributed by atoms with Gasteiger partial charge in [0.05, 0.1) is 44.4 Å². The van der Waals surface area contributed by atoms with E-state index in [1.807, 2.05) is 5.32 Å². The van der Waals surface area contributed by atoms with E-state index in [0.717, 1.165) is 11.8 Å². The number of aliphatic hydroxyl groups is 2. The molecule has 1 aliphatic rings. The zero-order valence-corrected chi connectivity index (χ0v) is 55.6. The highest BCUT2D eigenvalue weighted by atomic mass is 16.4. The summed E-state index contributed by atoms with van der Waals surface area (Å²) in [6.45, 7) is -1.20. The van der Waals surface area contributed by atoms with Gasteiger partial charge in [0.1, 0.15) is 60.4 Å². The molecule has 0 unspecified atom stereocenters. The van der Waals surface area contributed by atoms with Crippen molar-refractivity contribution in [3.8, 4) is 0 Å². The molecule has 0 saturated carbocycles. The maximum Gasteiger partial charge on any atom is 0.326 e. The standard InChI is InChI=1S/C57H91N25O20/c1-26(84)44(81-50(96)35(18-28-21-67-25-72-28)78-45(91)29(58)5-2-14-68-56(62)63)53(99)75-31(8-11-39(59)85)48(94)76-32(9-12-40(60)86)54(100)82-16-4-7-38(82)52(98)80-34(17-27-20-66-24-71-27)46(92)70-22-42(88)73-37(23-83)51(97)79-36(19-43(89)90)49(95)74-30(6-3-15-69-57(64)65)47(93)77-33(55(101)102)10-13-41(61)87/h20-21,24-26,29-38,44,83-84H,2-19,22-23,58H2,1H3,(H2,59,85)(H2,60,86)(H2,61,87)(H,66,71)(H,67,72)(H,70,92)(H,73,88)(H,74,95)(H,75,99)(H,76,94)(H,77,93)(H,78,91)(H,79,97)(H,80,98)(H,81,96)(H,89,90)(H,101,102)(H4,62,63,68)(H4,64,65,69)/t26-,29+,30+,31+,32+,33+,34+,35+,36+,37+,38+,44+/m1/s1. The lowest BCUT2D eigenvalue weighted by Crippen LogP contribution is -2.62. The van der Waals surface area contributed by atoms with Crippen molar-refractivity contribution in [3.05, 3.63) is 36.4 Å². The molecule has 1 fully saturated rings. The highest BCUT2D eigenvalue weighted by Gasteiger charge is 2.41. The van der Waals surface area contributed by atoms with Gasteiger partial charge in [0.2, 0.25) is 82.7 Å². The van der Waals surface area contributed by atoms with Crippen molar-refractivity contribution in [2.24, 2.45) is 55.9 Å². The summed E-state index contributed by atoms with van der Waals surface area (Å²) in [7, 11) is 0. The van der Waals surface area contributed by atoms with E-state index in [-0.39, 0.29) is 88.6 Å². The summed E-state index contributed by atoms with van der Waals surface area (Å²) >= 11 is 0. The lowest BCUT2D eigenvalue weighted by molar-refractivity contribution is -0.143. The summed E-state index contributed by atoms with van der Waals surface area (Å²) in [4.78, 5) is 234. The Morgan fingerprint density at radius 2 is 1.00 bits per heavy atom. The van der Waals surface area contributed by atoms with Gasteiger partial charge in [-0.15, -0.1) is 0 Å². The van der Waals surface area contributed by atoms with Gasteiger partial charge in [-0.05, 0) is 64.7 Å². The van der Waals surface area contributed by atoms with Crippen LogP contribution in [0.25, 0.3) is 0 Å². The van der Waals surface area contributed by atoms with Crippen molar-refractivity contribution in [1.29, 1.82) is 0 Å². The molecule has 32 N–H and O–H groups in total. The van der Waals surface area contributed by atoms with Crippen LogP contribution in [0.2, 0.25) is 0 Å². The van der Waals surface area contributed by atoms with E-state index < -0.39 is 225 Å². The molecular formula is C57H91N25O20. The predicted octanol–water partition coefficient (Wildman–Crippen LogP) is -12.4. The monoisotopic (exact) mass is 1450 g/mol. The van der Waals surface area contributed by atoms with Gasteiger partial charge in [-0.2, -0.15) is 0 Å². The van der Waals surface area contributed by atoms with Crippen molar-refractivity contribution in [2.75, 3.05) is 32.8 Å². The van der Waals surface area contributed by atoms with Crippen LogP contribution in [-0.2, 0) is 89.6 Å². The number of H-pyrrole nitrogens is 2. The van der Waals surface area contributed by atoms with Crippen molar-refractivity contribution >= 4 is 107 Å². The number of amides is 14. The number of aromatic amines is 2. The van der Waals surface area contributed by atoms with Crippen molar-refractivity contribution in [2.45, 2.75) is 176 Å². The van der Waals surface area contributed by atoms with Crippen LogP contribution in [0.1, 0.15) is 102 Å². The Bertz CT molecular complexity index is 3310. The largest absolute Gasteiger partial charge is 0.481 e. The first-order valence-electron chi connectivity index (χ1n) is 31.8. The molecule has 1 aliphatic heterocycles. The average molecular weight is 1450 g/mol. The number of likely N-dealkylation sites (tertiary alicyclic amines) is 1. The number of carbonyl (C=O) groups is 16. The molecule has 1 saturated heterocycles. The fourth-order valence-electron chi connectivity index (χ4n) is 9.89. The number of carboxylic acids is 2. The number of guanidine groups is 2. The number of imidazole rings is 2. The van der Waals surface area contributed by atoms with Crippen LogP contribution in [0.5, 0.6) is 0 Å². The van der Waals surface area contributed by atoms with Crippen LogP contribution in [0.3, 0.4) is 0 Å². The molecule has 45 heteroatoms. The Morgan fingerprint density at radius 3 is 1.50 bits per heavy atom. The van der Waals surface area contributed by atoms with E-state index >= 15 is 0 Å². The van der Waals surface area contributed by atoms with Crippen LogP contribution >= 0.6 is 0 Å². The molecule has 0 aliphatic carbocycles. The first-order chi connectivity index (χ1) is 48.1. The number of hydrogen-bond donors (Lipinski definition) is 24. The van der Waals surface area contributed by atoms with Crippen LogP contribution in [0, 0.1) is 0 Å². The summed E-state index contributed by atoms with van der Waals surface area (Å²) in [5, 5.41) is 63.3. The van der Waals surface area contributed by atoms with Gasteiger partial charge >= 0.3 is 11.9 Å². The Kier molecular flexibility index (Phi) is 35.7. The number of nitrogens with zero attached hydrogens (tertiary/aromatic N) is 5. The molecule has 0 radical (unpaired) electrons. The molecule has 0 aromatic carbocycles. The molecule has 14 amide bonds. The lowest BCUT2D eigenvalue weighted by atomic mass is 10.0. The number of rotatable bonds is 47. The first-order valence-corrected chi connectivity index (χ1v) is 31.8. The van der Waals surface area contributed by atoms with E-state index in [1.54, 1.807) is 0 Å². The third-order valence-electron chi connectivity index (χ3n) is 15.2. The van der Waals surface area contributed by atoms with Crippen LogP contribution in [0.15, 0.2) is 35.0 Å². The van der Waals surface area contributed by atoms with E-state index in [1.165, 1.54) is 25.0 Å². The Balaban J connectivity index is 1.81. The maximum atomic E-state index is 14.6. The Morgan fingerprint density at radius 1 is 0.549 bits per heavy atom. The van der Waals surface area contributed by atoms with Gasteiger partial charge in [-0.25, -0.2) is 14.8 Å². The second-order valence-corrected chi connectivity index (χ2v) is 23.4. The number of primary amides is 3. The van der Waals surface area contributed by atoms with Gasteiger partial charge in [0.15, 0.2) is 11.9 Å². The zero-order valence-electron chi connectivity index (χ0n) is 55.6. The fraction of sp³-hybridized carbons (Fsp3) is 0.579. The molecule has 0 bridgehead atoms. The molecule has 0 spiro atoms. The van der Waals surface area contributed by atoms with Gasteiger partial charge in [-0.1, -0.05) is 0 Å². The van der Waals surface area contributed by atoms with E-state index in [0.29, 0.717) is 5.69 Å². The van der Waals surface area contributed by atoms with Gasteiger partial charge < -0.3 is 134 Å². The third kappa shape index (κ3) is 30.6. The molecule has 45 nitrogen and oxygen atoms in total. The number of nitrogens with one attached hydrogen (secondary N) is 12. The van der Waals surface area contributed by atoms with E-state index in [2.05, 4.69) is 77.8 Å². The number of aliphatic imine (C=N–C) groups is 2. The number of carbonyl (C=O) groups excluding carboxylic acids is 14. The Labute approximate surface area is 580 Å². The summed E-state index contributed by atoms with van der Waals surface area (Å²) in [6, 6.07) is -18.3. The van der Waals surface area contributed by atoms with Crippen molar-refractivity contribution in [3.63, 3.8) is 0 Å². The number of aliphatic hydroxyl groups excluding tert-OH is 2. The predicted molar refractivity (Wildman–Crippen MR) is 351 cm³/mol. The molecule has 12 atom stereocenters. The van der Waals surface area contributed by atoms with Gasteiger partial charge in [0, 0.05) is 75.5 Å². The number of aliphatic carboxylic acids is 2. The number of nitrogens with two attached hydrogens (primary N) is 8. The van der Waals surface area contributed by atoms with Crippen molar-refractivity contribution in [1.82, 2.24) is 78.0 Å². The molecule has 3 rings (SSSR count). The number of aromatic nitrogens is 4. The smallest absolute Gasteiger partial charge is 0.326 e. The van der Waals surface area contributed by atoms with E-state index in [9.17, 15) is 97.1 Å². The fourth-order valence-corrected chi connectivity index (χ4v) is 9.89. The van der Waals surface area contributed by atoms with Crippen LogP contribution in [0.4, 0.5) is 0 Å². The second-order valence-electron chi connectivity index (χ2n) is 23.4. The van der Waals surface area contributed by atoms with Crippen LogP contribution in [-0.4, -0.2) is 257 Å². The molecule has 102 heavy (non-hydrogen) atoms. The first kappa shape index (κ1) is 84.6. The van der Waals surface area contributed by atoms with Gasteiger partial charge in [0.25, 0.3) is 0 Å². The minimum absolute atomic E-state index is 0.0346. The number of hydrogen-bond acceptors (Lipinski definition) is 23. The molecular weight excluding hydrogens is 1350 g/mol. The summed E-state index contributed by atoms with van der Waals surface area (Å²) in [5.41, 5.74) is 44.1. The van der Waals surface area contributed by atoms with Crippen LogP contribution < -0.4 is 99.0 Å². The highest BCUT2D eigenvalue weighted by molar-refractivity contribution is 6.00. The van der Waals surface area contributed by atoms with E-state index in [4.69, 9.17) is 45.9 Å². The Hall–Kier alpha value is -11.6. The quantitative estimate of drug-likeness (QED) is 0.0166. The summed E-state index contributed by atoms with van der Waals surface area (Å²) < 4.78 is 0. The molecule has 2 aromatic heterocycles. The van der Waals surface area contributed by atoms with Crippen molar-refractivity contribution < 1.29 is 97.1 Å². The molecule has 2 aromatic rings. The molecule has 564 valence electrons.